The van der Waals surface area contributed by atoms with Crippen LogP contribution in [0.25, 0.3) is 5.69 Å². The molecule has 134 valence electrons. The summed E-state index contributed by atoms with van der Waals surface area (Å²) in [6.07, 6.45) is 4.74. The average Bonchev–Trinajstić information content (AvgIpc) is 3.18. The molecule has 0 saturated carbocycles. The number of aryl methyl sites for hydroxylation is 1. The van der Waals surface area contributed by atoms with Crippen molar-refractivity contribution in [2.75, 3.05) is 13.7 Å². The molecule has 0 aliphatic heterocycles. The molecule has 0 unspecified atom stereocenters. The summed E-state index contributed by atoms with van der Waals surface area (Å²) in [5.74, 6) is -0.515. The van der Waals surface area contributed by atoms with Crippen LogP contribution >= 0.6 is 0 Å². The molecule has 26 heavy (non-hydrogen) atoms. The minimum Gasteiger partial charge on any atom is -0.375 e. The maximum absolute atomic E-state index is 13.1. The number of benzene rings is 2. The van der Waals surface area contributed by atoms with Crippen LogP contribution in [0, 0.1) is 12.7 Å². The van der Waals surface area contributed by atoms with Crippen molar-refractivity contribution in [1.29, 1.82) is 0 Å². The Balaban J connectivity index is 1.77. The van der Waals surface area contributed by atoms with Gasteiger partial charge in [-0.2, -0.15) is 0 Å². The number of nitrogens with zero attached hydrogens (tertiary/aromatic N) is 2. The van der Waals surface area contributed by atoms with Crippen molar-refractivity contribution in [3.63, 3.8) is 0 Å². The van der Waals surface area contributed by atoms with Crippen molar-refractivity contribution in [3.05, 3.63) is 83.7 Å². The van der Waals surface area contributed by atoms with Crippen LogP contribution < -0.4 is 5.32 Å². The van der Waals surface area contributed by atoms with Crippen molar-refractivity contribution in [1.82, 2.24) is 14.9 Å². The monoisotopic (exact) mass is 353 g/mol. The van der Waals surface area contributed by atoms with Crippen LogP contribution in [0.15, 0.2) is 61.2 Å². The third kappa shape index (κ3) is 3.97. The Morgan fingerprint density at radius 2 is 2.04 bits per heavy atom. The van der Waals surface area contributed by atoms with Crippen LogP contribution in [0.5, 0.6) is 0 Å². The summed E-state index contributed by atoms with van der Waals surface area (Å²) in [6.45, 7) is 2.21. The highest BCUT2D eigenvalue weighted by Crippen LogP contribution is 2.19. The number of amides is 1. The molecule has 2 aromatic carbocycles. The average molecular weight is 353 g/mol. The Morgan fingerprint density at radius 1 is 1.27 bits per heavy atom. The first-order valence-electron chi connectivity index (χ1n) is 8.24. The van der Waals surface area contributed by atoms with Crippen molar-refractivity contribution in [2.24, 2.45) is 0 Å². The number of hydrogen-bond acceptors (Lipinski definition) is 3. The molecule has 0 aliphatic carbocycles. The summed E-state index contributed by atoms with van der Waals surface area (Å²) in [5.41, 5.74) is 3.09. The largest absolute Gasteiger partial charge is 0.375 e. The molecule has 0 fully saturated rings. The number of ether oxygens (including phenoxy) is 1. The van der Waals surface area contributed by atoms with E-state index in [0.29, 0.717) is 5.56 Å². The maximum atomic E-state index is 13.1. The van der Waals surface area contributed by atoms with Gasteiger partial charge in [0.2, 0.25) is 0 Å². The normalized spacial score (nSPS) is 12.0. The second-order valence-corrected chi connectivity index (χ2v) is 5.98. The molecular formula is C20H20FN3O2. The van der Waals surface area contributed by atoms with Gasteiger partial charge in [-0.25, -0.2) is 9.37 Å². The molecule has 0 bridgehead atoms. The van der Waals surface area contributed by atoms with Crippen LogP contribution in [-0.4, -0.2) is 29.1 Å². The first kappa shape index (κ1) is 17.8. The van der Waals surface area contributed by atoms with Crippen molar-refractivity contribution in [3.8, 4) is 5.69 Å². The summed E-state index contributed by atoms with van der Waals surface area (Å²) in [7, 11) is 1.56. The van der Waals surface area contributed by atoms with Gasteiger partial charge in [0.25, 0.3) is 5.91 Å². The van der Waals surface area contributed by atoms with Gasteiger partial charge in [-0.3, -0.25) is 4.79 Å². The highest BCUT2D eigenvalue weighted by atomic mass is 19.1. The molecule has 3 aromatic rings. The Hall–Kier alpha value is -2.99. The molecule has 0 aliphatic rings. The van der Waals surface area contributed by atoms with Crippen molar-refractivity contribution in [2.45, 2.75) is 13.0 Å². The lowest BCUT2D eigenvalue weighted by Gasteiger charge is -2.18. The Kier molecular flexibility index (Phi) is 5.43. The number of methoxy groups -OCH3 is 1. The molecule has 0 saturated heterocycles. The number of nitrogens with one attached hydrogen (secondary N) is 1. The smallest absolute Gasteiger partial charge is 0.253 e. The molecule has 1 aromatic heterocycles. The third-order valence-electron chi connectivity index (χ3n) is 4.15. The van der Waals surface area contributed by atoms with Gasteiger partial charge < -0.3 is 14.6 Å². The predicted molar refractivity (Wildman–Crippen MR) is 96.8 cm³/mol. The lowest BCUT2D eigenvalue weighted by atomic mass is 10.1. The van der Waals surface area contributed by atoms with Gasteiger partial charge in [0.1, 0.15) is 5.82 Å². The third-order valence-corrected chi connectivity index (χ3v) is 4.15. The zero-order chi connectivity index (χ0) is 18.5. The molecular weight excluding hydrogens is 333 g/mol. The van der Waals surface area contributed by atoms with Crippen LogP contribution in [0.4, 0.5) is 4.39 Å². The second kappa shape index (κ2) is 7.93. The van der Waals surface area contributed by atoms with Gasteiger partial charge in [0, 0.05) is 26.0 Å². The van der Waals surface area contributed by atoms with Crippen LogP contribution in [0.1, 0.15) is 27.6 Å². The number of carbonyl (C=O) groups is 1. The van der Waals surface area contributed by atoms with Crippen molar-refractivity contribution < 1.29 is 13.9 Å². The highest BCUT2D eigenvalue weighted by Gasteiger charge is 2.16. The predicted octanol–water partition coefficient (Wildman–Crippen LogP) is 3.44. The lowest BCUT2D eigenvalue weighted by Crippen LogP contribution is -2.30. The quantitative estimate of drug-likeness (QED) is 0.739. The van der Waals surface area contributed by atoms with Gasteiger partial charge in [0.05, 0.1) is 23.7 Å². The number of aromatic nitrogens is 2. The van der Waals surface area contributed by atoms with Gasteiger partial charge in [0.15, 0.2) is 0 Å². The lowest BCUT2D eigenvalue weighted by molar-refractivity contribution is 0.0827. The fourth-order valence-corrected chi connectivity index (χ4v) is 2.75. The summed E-state index contributed by atoms with van der Waals surface area (Å²) in [5, 5.41) is 2.90. The SMILES string of the molecule is CO[C@H](CNC(=O)c1cc(C)ccc1-n1ccnc1)c1ccc(F)cc1. The second-order valence-electron chi connectivity index (χ2n) is 5.98. The first-order valence-corrected chi connectivity index (χ1v) is 8.24. The number of imidazole rings is 1. The fourth-order valence-electron chi connectivity index (χ4n) is 2.75. The van der Waals surface area contributed by atoms with E-state index in [1.54, 1.807) is 42.5 Å². The highest BCUT2D eigenvalue weighted by molar-refractivity contribution is 5.98. The number of carbonyl (C=O) groups excluding carboxylic acids is 1. The zero-order valence-electron chi connectivity index (χ0n) is 14.6. The van der Waals surface area contributed by atoms with Crippen LogP contribution in [0.3, 0.4) is 0 Å². The number of rotatable bonds is 6. The standard InChI is InChI=1S/C20H20FN3O2/c1-14-3-8-18(24-10-9-22-13-24)17(11-14)20(25)23-12-19(26-2)15-4-6-16(21)7-5-15/h3-11,13,19H,12H2,1-2H3,(H,23,25)/t19-/m1/s1. The topological polar surface area (TPSA) is 56.1 Å². The minimum atomic E-state index is -0.360. The van der Waals surface area contributed by atoms with Gasteiger partial charge in [-0.15, -0.1) is 0 Å². The molecule has 1 atom stereocenters. The van der Waals surface area contributed by atoms with Crippen LogP contribution in [0.2, 0.25) is 0 Å². The van der Waals surface area contributed by atoms with E-state index in [1.807, 2.05) is 25.1 Å². The van der Waals surface area contributed by atoms with E-state index in [-0.39, 0.29) is 24.4 Å². The molecule has 6 heteroatoms. The molecule has 5 nitrogen and oxygen atoms in total. The van der Waals surface area contributed by atoms with Gasteiger partial charge in [-0.05, 0) is 36.8 Å². The number of hydrogen-bond donors (Lipinski definition) is 1. The first-order chi connectivity index (χ1) is 12.6. The fraction of sp³-hybridized carbons (Fsp3) is 0.200. The van der Waals surface area contributed by atoms with E-state index in [1.165, 1.54) is 12.1 Å². The summed E-state index contributed by atoms with van der Waals surface area (Å²) < 4.78 is 20.3. The molecule has 1 N–H and O–H groups in total. The Morgan fingerprint density at radius 3 is 2.69 bits per heavy atom. The molecule has 0 spiro atoms. The Bertz CT molecular complexity index is 877. The molecule has 3 rings (SSSR count). The van der Waals surface area contributed by atoms with E-state index < -0.39 is 0 Å². The molecule has 1 heterocycles. The maximum Gasteiger partial charge on any atom is 0.253 e. The van der Waals surface area contributed by atoms with Crippen LogP contribution in [-0.2, 0) is 4.74 Å². The van der Waals surface area contributed by atoms with E-state index in [2.05, 4.69) is 10.3 Å². The number of halogens is 1. The van der Waals surface area contributed by atoms with Gasteiger partial charge in [-0.1, -0.05) is 23.8 Å². The Labute approximate surface area is 151 Å². The molecule has 0 radical (unpaired) electrons. The summed E-state index contributed by atoms with van der Waals surface area (Å²) in [4.78, 5) is 16.8. The van der Waals surface area contributed by atoms with E-state index in [4.69, 9.17) is 4.74 Å². The minimum absolute atomic E-state index is 0.207. The zero-order valence-corrected chi connectivity index (χ0v) is 14.6. The van der Waals surface area contributed by atoms with E-state index in [9.17, 15) is 9.18 Å². The summed E-state index contributed by atoms with van der Waals surface area (Å²) in [6, 6.07) is 11.7. The van der Waals surface area contributed by atoms with E-state index >= 15 is 0 Å². The summed E-state index contributed by atoms with van der Waals surface area (Å²) >= 11 is 0. The van der Waals surface area contributed by atoms with Crippen molar-refractivity contribution >= 4 is 5.91 Å². The van der Waals surface area contributed by atoms with Gasteiger partial charge >= 0.3 is 0 Å². The van der Waals surface area contributed by atoms with E-state index in [0.717, 1.165) is 16.8 Å². The molecule has 1 amide bonds.